The molecule has 11 heavy (non-hydrogen) atoms. The summed E-state index contributed by atoms with van der Waals surface area (Å²) in [6, 6.07) is 0. The Labute approximate surface area is 69.8 Å². The standard InChI is InChI=1S/C7H11N3S/c1-5-9-10-7(11-5)6-2-3-8-4-6/h6,8H,2-4H2,1H3. The minimum atomic E-state index is 0.626. The van der Waals surface area contributed by atoms with Gasteiger partial charge in [0.25, 0.3) is 0 Å². The molecule has 2 heterocycles. The van der Waals surface area contributed by atoms with Crippen LogP contribution >= 0.6 is 11.3 Å². The SMILES string of the molecule is Cc1nnc(C2CCNC2)s1. The maximum atomic E-state index is 4.13. The van der Waals surface area contributed by atoms with E-state index in [1.165, 1.54) is 11.4 Å². The van der Waals surface area contributed by atoms with Crippen LogP contribution in [0.5, 0.6) is 0 Å². The molecule has 1 aromatic heterocycles. The van der Waals surface area contributed by atoms with Gasteiger partial charge in [0.15, 0.2) is 0 Å². The zero-order valence-electron chi connectivity index (χ0n) is 6.50. The molecule has 0 bridgehead atoms. The quantitative estimate of drug-likeness (QED) is 0.679. The van der Waals surface area contributed by atoms with Crippen molar-refractivity contribution in [3.8, 4) is 0 Å². The van der Waals surface area contributed by atoms with Crippen molar-refractivity contribution in [2.75, 3.05) is 13.1 Å². The van der Waals surface area contributed by atoms with E-state index in [0.29, 0.717) is 5.92 Å². The molecule has 0 saturated carbocycles. The van der Waals surface area contributed by atoms with Crippen molar-refractivity contribution >= 4 is 11.3 Å². The van der Waals surface area contributed by atoms with Gasteiger partial charge in [-0.2, -0.15) is 0 Å². The third-order valence-electron chi connectivity index (χ3n) is 1.95. The molecular formula is C7H11N3S. The molecular weight excluding hydrogens is 158 g/mol. The van der Waals surface area contributed by atoms with Gasteiger partial charge in [0.05, 0.1) is 0 Å². The Kier molecular flexibility index (Phi) is 1.87. The number of nitrogens with one attached hydrogen (secondary N) is 1. The largest absolute Gasteiger partial charge is 0.316 e. The molecule has 0 amide bonds. The molecule has 1 aliphatic heterocycles. The summed E-state index contributed by atoms with van der Waals surface area (Å²) in [6.45, 7) is 4.21. The van der Waals surface area contributed by atoms with Crippen LogP contribution in [-0.2, 0) is 0 Å². The molecule has 3 nitrogen and oxygen atoms in total. The molecule has 1 aliphatic rings. The summed E-state index contributed by atoms with van der Waals surface area (Å²) in [6.07, 6.45) is 1.22. The summed E-state index contributed by atoms with van der Waals surface area (Å²) in [7, 11) is 0. The topological polar surface area (TPSA) is 37.8 Å². The summed E-state index contributed by atoms with van der Waals surface area (Å²) in [5, 5.41) is 13.7. The fourth-order valence-electron chi connectivity index (χ4n) is 1.34. The van der Waals surface area contributed by atoms with Gasteiger partial charge in [-0.15, -0.1) is 21.5 Å². The van der Waals surface area contributed by atoms with Gasteiger partial charge in [-0.1, -0.05) is 0 Å². The average Bonchev–Trinajstić information content (AvgIpc) is 2.55. The minimum absolute atomic E-state index is 0.626. The van der Waals surface area contributed by atoms with Gasteiger partial charge in [-0.3, -0.25) is 0 Å². The normalized spacial score (nSPS) is 24.3. The van der Waals surface area contributed by atoms with Gasteiger partial charge in [0.2, 0.25) is 0 Å². The average molecular weight is 169 g/mol. The first-order chi connectivity index (χ1) is 5.36. The van der Waals surface area contributed by atoms with Crippen molar-refractivity contribution in [2.24, 2.45) is 0 Å². The van der Waals surface area contributed by atoms with Crippen LogP contribution in [0, 0.1) is 6.92 Å². The zero-order chi connectivity index (χ0) is 7.68. The number of aromatic nitrogens is 2. The van der Waals surface area contributed by atoms with Gasteiger partial charge >= 0.3 is 0 Å². The molecule has 2 rings (SSSR count). The van der Waals surface area contributed by atoms with Crippen LogP contribution in [0.25, 0.3) is 0 Å². The highest BCUT2D eigenvalue weighted by atomic mass is 32.1. The molecule has 1 unspecified atom stereocenters. The van der Waals surface area contributed by atoms with E-state index in [4.69, 9.17) is 0 Å². The lowest BCUT2D eigenvalue weighted by atomic mass is 10.1. The van der Waals surface area contributed by atoms with E-state index in [1.807, 2.05) is 6.92 Å². The van der Waals surface area contributed by atoms with Gasteiger partial charge in [-0.25, -0.2) is 0 Å². The summed E-state index contributed by atoms with van der Waals surface area (Å²) < 4.78 is 0. The monoisotopic (exact) mass is 169 g/mol. The van der Waals surface area contributed by atoms with Crippen molar-refractivity contribution < 1.29 is 0 Å². The van der Waals surface area contributed by atoms with Crippen LogP contribution in [0.2, 0.25) is 0 Å². The summed E-state index contributed by atoms with van der Waals surface area (Å²) in [4.78, 5) is 0. The molecule has 0 spiro atoms. The number of hydrogen-bond acceptors (Lipinski definition) is 4. The molecule has 0 aromatic carbocycles. The van der Waals surface area contributed by atoms with Crippen molar-refractivity contribution in [1.82, 2.24) is 15.5 Å². The molecule has 1 fully saturated rings. The van der Waals surface area contributed by atoms with E-state index in [0.717, 1.165) is 18.1 Å². The van der Waals surface area contributed by atoms with Crippen molar-refractivity contribution in [3.63, 3.8) is 0 Å². The lowest BCUT2D eigenvalue weighted by Gasteiger charge is -1.99. The molecule has 1 saturated heterocycles. The smallest absolute Gasteiger partial charge is 0.121 e. The first-order valence-corrected chi connectivity index (χ1v) is 4.68. The van der Waals surface area contributed by atoms with E-state index < -0.39 is 0 Å². The molecule has 1 atom stereocenters. The summed E-state index contributed by atoms with van der Waals surface area (Å²) >= 11 is 1.72. The zero-order valence-corrected chi connectivity index (χ0v) is 7.32. The van der Waals surface area contributed by atoms with Crippen LogP contribution in [0.1, 0.15) is 22.4 Å². The predicted molar refractivity (Wildman–Crippen MR) is 44.9 cm³/mol. The first kappa shape index (κ1) is 7.18. The molecule has 1 aromatic rings. The number of hydrogen-bond donors (Lipinski definition) is 1. The number of nitrogens with zero attached hydrogens (tertiary/aromatic N) is 2. The Morgan fingerprint density at radius 2 is 2.45 bits per heavy atom. The maximum Gasteiger partial charge on any atom is 0.121 e. The molecule has 0 radical (unpaired) electrons. The second-order valence-electron chi connectivity index (χ2n) is 2.85. The van der Waals surface area contributed by atoms with Gasteiger partial charge in [0.1, 0.15) is 10.0 Å². The van der Waals surface area contributed by atoms with Crippen LogP contribution in [0.15, 0.2) is 0 Å². The highest BCUT2D eigenvalue weighted by Crippen LogP contribution is 2.24. The Morgan fingerprint density at radius 1 is 1.55 bits per heavy atom. The third-order valence-corrected chi connectivity index (χ3v) is 2.95. The highest BCUT2D eigenvalue weighted by molar-refractivity contribution is 7.11. The van der Waals surface area contributed by atoms with Gasteiger partial charge in [0, 0.05) is 12.5 Å². The summed E-state index contributed by atoms with van der Waals surface area (Å²) in [5.41, 5.74) is 0. The van der Waals surface area contributed by atoms with Crippen molar-refractivity contribution in [3.05, 3.63) is 10.0 Å². The first-order valence-electron chi connectivity index (χ1n) is 3.87. The van der Waals surface area contributed by atoms with E-state index in [-0.39, 0.29) is 0 Å². The second kappa shape index (κ2) is 2.87. The maximum absolute atomic E-state index is 4.13. The predicted octanol–water partition coefficient (Wildman–Crippen LogP) is 0.923. The van der Waals surface area contributed by atoms with Crippen molar-refractivity contribution in [2.45, 2.75) is 19.3 Å². The Morgan fingerprint density at radius 3 is 3.00 bits per heavy atom. The van der Waals surface area contributed by atoms with Gasteiger partial charge < -0.3 is 5.32 Å². The lowest BCUT2D eigenvalue weighted by molar-refractivity contribution is 0.740. The van der Waals surface area contributed by atoms with Crippen LogP contribution in [0.4, 0.5) is 0 Å². The molecule has 60 valence electrons. The second-order valence-corrected chi connectivity index (χ2v) is 4.06. The number of aryl methyl sites for hydroxylation is 1. The van der Waals surface area contributed by atoms with E-state index in [9.17, 15) is 0 Å². The Balaban J connectivity index is 2.15. The lowest BCUT2D eigenvalue weighted by Crippen LogP contribution is -2.07. The molecule has 1 N–H and O–H groups in total. The minimum Gasteiger partial charge on any atom is -0.316 e. The molecule has 4 heteroatoms. The van der Waals surface area contributed by atoms with E-state index in [1.54, 1.807) is 11.3 Å². The Hall–Kier alpha value is -0.480. The van der Waals surface area contributed by atoms with E-state index in [2.05, 4.69) is 15.5 Å². The van der Waals surface area contributed by atoms with Crippen LogP contribution in [-0.4, -0.2) is 23.3 Å². The number of rotatable bonds is 1. The van der Waals surface area contributed by atoms with E-state index >= 15 is 0 Å². The van der Waals surface area contributed by atoms with Gasteiger partial charge in [-0.05, 0) is 19.9 Å². The summed E-state index contributed by atoms with van der Waals surface area (Å²) in [5.74, 6) is 0.626. The third kappa shape index (κ3) is 1.41. The van der Waals surface area contributed by atoms with Crippen LogP contribution < -0.4 is 5.32 Å². The van der Waals surface area contributed by atoms with Crippen molar-refractivity contribution in [1.29, 1.82) is 0 Å². The highest BCUT2D eigenvalue weighted by Gasteiger charge is 2.19. The fourth-order valence-corrected chi connectivity index (χ4v) is 2.18. The molecule has 0 aliphatic carbocycles. The van der Waals surface area contributed by atoms with Crippen LogP contribution in [0.3, 0.4) is 0 Å². The Bertz CT molecular complexity index is 240. The fraction of sp³-hybridized carbons (Fsp3) is 0.714.